The Morgan fingerprint density at radius 2 is 2.15 bits per heavy atom. The van der Waals surface area contributed by atoms with Crippen molar-refractivity contribution in [1.82, 2.24) is 14.5 Å². The van der Waals surface area contributed by atoms with Crippen molar-refractivity contribution in [2.24, 2.45) is 7.05 Å². The number of likely N-dealkylation sites (tertiary alicyclic amines) is 1. The molecule has 0 N–H and O–H groups in total. The van der Waals surface area contributed by atoms with Gasteiger partial charge in [0.25, 0.3) is 5.91 Å². The Bertz CT molecular complexity index is 751. The van der Waals surface area contributed by atoms with Gasteiger partial charge >= 0.3 is 0 Å². The predicted octanol–water partition coefficient (Wildman–Crippen LogP) is 2.40. The molecule has 6 heteroatoms. The quantitative estimate of drug-likeness (QED) is 0.845. The molecule has 0 bridgehead atoms. The summed E-state index contributed by atoms with van der Waals surface area (Å²) in [4.78, 5) is 18.9. The zero-order chi connectivity index (χ0) is 18.0. The lowest BCUT2D eigenvalue weighted by atomic mass is 9.88. The minimum Gasteiger partial charge on any atom is -0.372 e. The SMILES string of the molecule is Cn1cccc1C(=O)N1CCC2(CC1)CC(OCc1ccccn1)CO2. The molecule has 26 heavy (non-hydrogen) atoms. The summed E-state index contributed by atoms with van der Waals surface area (Å²) in [5.74, 6) is 0.105. The Morgan fingerprint density at radius 1 is 1.31 bits per heavy atom. The first-order chi connectivity index (χ1) is 12.7. The van der Waals surface area contributed by atoms with Crippen LogP contribution in [0.3, 0.4) is 0 Å². The van der Waals surface area contributed by atoms with E-state index in [0.29, 0.717) is 13.2 Å². The first-order valence-corrected chi connectivity index (χ1v) is 9.21. The van der Waals surface area contributed by atoms with Gasteiger partial charge in [0.2, 0.25) is 0 Å². The Balaban J connectivity index is 1.29. The van der Waals surface area contributed by atoms with Crippen LogP contribution in [0.1, 0.15) is 35.4 Å². The van der Waals surface area contributed by atoms with Gasteiger partial charge in [-0.25, -0.2) is 0 Å². The van der Waals surface area contributed by atoms with E-state index < -0.39 is 0 Å². The van der Waals surface area contributed by atoms with E-state index in [9.17, 15) is 4.79 Å². The minimum absolute atomic E-state index is 0.104. The number of aromatic nitrogens is 2. The molecule has 2 aromatic rings. The number of hydrogen-bond donors (Lipinski definition) is 0. The van der Waals surface area contributed by atoms with Crippen molar-refractivity contribution < 1.29 is 14.3 Å². The summed E-state index contributed by atoms with van der Waals surface area (Å²) in [6.45, 7) is 2.61. The number of hydrogen-bond acceptors (Lipinski definition) is 4. The summed E-state index contributed by atoms with van der Waals surface area (Å²) < 4.78 is 14.0. The lowest BCUT2D eigenvalue weighted by molar-refractivity contribution is -0.0414. The summed E-state index contributed by atoms with van der Waals surface area (Å²) >= 11 is 0. The maximum atomic E-state index is 12.6. The van der Waals surface area contributed by atoms with Gasteiger partial charge in [0.15, 0.2) is 0 Å². The molecule has 1 spiro atoms. The lowest BCUT2D eigenvalue weighted by Gasteiger charge is -2.38. The maximum absolute atomic E-state index is 12.6. The number of nitrogens with zero attached hydrogens (tertiary/aromatic N) is 3. The largest absolute Gasteiger partial charge is 0.372 e. The van der Waals surface area contributed by atoms with Crippen LogP contribution in [0, 0.1) is 0 Å². The van der Waals surface area contributed by atoms with Gasteiger partial charge in [0, 0.05) is 39.0 Å². The molecule has 4 rings (SSSR count). The number of amides is 1. The molecule has 1 unspecified atom stereocenters. The van der Waals surface area contributed by atoms with Crippen molar-refractivity contribution in [1.29, 1.82) is 0 Å². The Kier molecular flexibility index (Phi) is 4.78. The standard InChI is InChI=1S/C20H25N3O3/c1-22-10-4-6-18(22)19(24)23-11-7-20(8-12-23)13-17(15-26-20)25-14-16-5-2-3-9-21-16/h2-6,9-10,17H,7-8,11-15H2,1H3. The molecular formula is C20H25N3O3. The topological polar surface area (TPSA) is 56.6 Å². The molecule has 2 aliphatic rings. The summed E-state index contributed by atoms with van der Waals surface area (Å²) in [6, 6.07) is 9.63. The summed E-state index contributed by atoms with van der Waals surface area (Å²) in [5.41, 5.74) is 1.54. The van der Waals surface area contributed by atoms with Crippen LogP contribution in [0.4, 0.5) is 0 Å². The highest BCUT2D eigenvalue weighted by atomic mass is 16.6. The van der Waals surface area contributed by atoms with Crippen molar-refractivity contribution in [2.45, 2.75) is 37.6 Å². The molecule has 138 valence electrons. The molecule has 2 fully saturated rings. The van der Waals surface area contributed by atoms with Crippen LogP contribution in [0.15, 0.2) is 42.7 Å². The maximum Gasteiger partial charge on any atom is 0.270 e. The molecule has 0 aliphatic carbocycles. The predicted molar refractivity (Wildman–Crippen MR) is 96.7 cm³/mol. The zero-order valence-corrected chi connectivity index (χ0v) is 15.1. The van der Waals surface area contributed by atoms with Crippen LogP contribution >= 0.6 is 0 Å². The fourth-order valence-electron chi connectivity index (χ4n) is 3.91. The van der Waals surface area contributed by atoms with Crippen LogP contribution in [0.2, 0.25) is 0 Å². The second-order valence-electron chi connectivity index (χ2n) is 7.25. The normalized spacial score (nSPS) is 22.0. The van der Waals surface area contributed by atoms with E-state index in [4.69, 9.17) is 9.47 Å². The van der Waals surface area contributed by atoms with Crippen LogP contribution in [-0.2, 0) is 23.1 Å². The van der Waals surface area contributed by atoms with E-state index in [1.54, 1.807) is 6.20 Å². The number of carbonyl (C=O) groups is 1. The number of aryl methyl sites for hydroxylation is 1. The van der Waals surface area contributed by atoms with Gasteiger partial charge < -0.3 is 18.9 Å². The summed E-state index contributed by atoms with van der Waals surface area (Å²) in [7, 11) is 1.91. The molecule has 2 saturated heterocycles. The molecule has 4 heterocycles. The molecule has 1 atom stereocenters. The van der Waals surface area contributed by atoms with Gasteiger partial charge in [-0.2, -0.15) is 0 Å². The van der Waals surface area contributed by atoms with Gasteiger partial charge in [0.05, 0.1) is 30.6 Å². The molecule has 6 nitrogen and oxygen atoms in total. The molecule has 1 amide bonds. The average Bonchev–Trinajstić information content (AvgIpc) is 3.27. The van der Waals surface area contributed by atoms with Gasteiger partial charge in [-0.3, -0.25) is 9.78 Å². The van der Waals surface area contributed by atoms with Gasteiger partial charge in [-0.1, -0.05) is 6.07 Å². The van der Waals surface area contributed by atoms with E-state index in [-0.39, 0.29) is 17.6 Å². The van der Waals surface area contributed by atoms with Gasteiger partial charge in [-0.15, -0.1) is 0 Å². The van der Waals surface area contributed by atoms with Crippen molar-refractivity contribution in [3.8, 4) is 0 Å². The van der Waals surface area contributed by atoms with Crippen molar-refractivity contribution >= 4 is 5.91 Å². The van der Waals surface area contributed by atoms with Crippen LogP contribution < -0.4 is 0 Å². The average molecular weight is 355 g/mol. The Labute approximate surface area is 153 Å². The number of carbonyl (C=O) groups excluding carboxylic acids is 1. The zero-order valence-electron chi connectivity index (χ0n) is 15.1. The first kappa shape index (κ1) is 17.2. The number of rotatable bonds is 4. The van der Waals surface area contributed by atoms with E-state index in [0.717, 1.165) is 43.7 Å². The third kappa shape index (κ3) is 3.52. The second kappa shape index (κ2) is 7.21. The first-order valence-electron chi connectivity index (χ1n) is 9.21. The van der Waals surface area contributed by atoms with Crippen molar-refractivity contribution in [3.05, 3.63) is 54.1 Å². The highest BCUT2D eigenvalue weighted by molar-refractivity contribution is 5.92. The van der Waals surface area contributed by atoms with Gasteiger partial charge in [-0.05, 0) is 37.1 Å². The third-order valence-electron chi connectivity index (χ3n) is 5.49. The van der Waals surface area contributed by atoms with Crippen LogP contribution in [0.5, 0.6) is 0 Å². The Hall–Kier alpha value is -2.18. The molecule has 2 aromatic heterocycles. The smallest absolute Gasteiger partial charge is 0.270 e. The van der Waals surface area contributed by atoms with Crippen LogP contribution in [0.25, 0.3) is 0 Å². The highest BCUT2D eigenvalue weighted by Gasteiger charge is 2.44. The number of ether oxygens (including phenoxy) is 2. The van der Waals surface area contributed by atoms with Gasteiger partial charge in [0.1, 0.15) is 5.69 Å². The molecular weight excluding hydrogens is 330 g/mol. The summed E-state index contributed by atoms with van der Waals surface area (Å²) in [5, 5.41) is 0. The van der Waals surface area contributed by atoms with E-state index in [1.165, 1.54) is 0 Å². The summed E-state index contributed by atoms with van der Waals surface area (Å²) in [6.07, 6.45) is 6.42. The fraction of sp³-hybridized carbons (Fsp3) is 0.500. The second-order valence-corrected chi connectivity index (χ2v) is 7.25. The molecule has 2 aliphatic heterocycles. The third-order valence-corrected chi connectivity index (χ3v) is 5.49. The number of pyridine rings is 1. The van der Waals surface area contributed by atoms with E-state index >= 15 is 0 Å². The minimum atomic E-state index is -0.139. The van der Waals surface area contributed by atoms with Crippen molar-refractivity contribution in [3.63, 3.8) is 0 Å². The molecule has 0 radical (unpaired) electrons. The monoisotopic (exact) mass is 355 g/mol. The Morgan fingerprint density at radius 3 is 2.85 bits per heavy atom. The molecule has 0 aromatic carbocycles. The van der Waals surface area contributed by atoms with Crippen molar-refractivity contribution in [2.75, 3.05) is 19.7 Å². The van der Waals surface area contributed by atoms with E-state index in [1.807, 2.05) is 53.0 Å². The molecule has 0 saturated carbocycles. The van der Waals surface area contributed by atoms with Crippen LogP contribution in [-0.4, -0.2) is 51.8 Å². The fourth-order valence-corrected chi connectivity index (χ4v) is 3.91. The van der Waals surface area contributed by atoms with E-state index in [2.05, 4.69) is 4.98 Å². The highest BCUT2D eigenvalue weighted by Crippen LogP contribution is 2.37. The number of piperidine rings is 1. The lowest BCUT2D eigenvalue weighted by Crippen LogP contribution is -2.47.